The van der Waals surface area contributed by atoms with Crippen molar-refractivity contribution in [1.29, 1.82) is 0 Å². The summed E-state index contributed by atoms with van der Waals surface area (Å²) in [5.74, 6) is 0.669. The quantitative estimate of drug-likeness (QED) is 0.664. The third-order valence-corrected chi connectivity index (χ3v) is 3.08. The fourth-order valence-electron chi connectivity index (χ4n) is 2.26. The Balaban J connectivity index is 2.04. The van der Waals surface area contributed by atoms with Gasteiger partial charge in [0.25, 0.3) is 5.91 Å². The highest BCUT2D eigenvalue weighted by Gasteiger charge is 2.24. The topological polar surface area (TPSA) is 97.1 Å². The van der Waals surface area contributed by atoms with Gasteiger partial charge >= 0.3 is 0 Å². The average molecular weight is 295 g/mol. The number of aliphatic hydroxyl groups is 1. The van der Waals surface area contributed by atoms with Crippen molar-refractivity contribution >= 4 is 11.6 Å². The summed E-state index contributed by atoms with van der Waals surface area (Å²) in [7, 11) is 3.71. The van der Waals surface area contributed by atoms with Gasteiger partial charge in [-0.15, -0.1) is 0 Å². The molecule has 0 aliphatic carbocycles. The number of nitrogens with zero attached hydrogens (tertiary/aromatic N) is 1. The van der Waals surface area contributed by atoms with Crippen LogP contribution in [0.25, 0.3) is 0 Å². The van der Waals surface area contributed by atoms with Crippen LogP contribution in [-0.4, -0.2) is 55.5 Å². The van der Waals surface area contributed by atoms with Crippen molar-refractivity contribution in [2.75, 3.05) is 39.7 Å². The molecule has 1 unspecified atom stereocenters. The van der Waals surface area contributed by atoms with Crippen LogP contribution in [0.3, 0.4) is 0 Å². The van der Waals surface area contributed by atoms with Crippen LogP contribution in [0, 0.1) is 0 Å². The van der Waals surface area contributed by atoms with Gasteiger partial charge in [-0.3, -0.25) is 4.79 Å². The van der Waals surface area contributed by atoms with Gasteiger partial charge in [-0.25, -0.2) is 0 Å². The molecule has 1 aromatic carbocycles. The summed E-state index contributed by atoms with van der Waals surface area (Å²) in [4.78, 5) is 14.0. The van der Waals surface area contributed by atoms with E-state index in [4.69, 9.17) is 15.2 Å². The Morgan fingerprint density at radius 1 is 1.43 bits per heavy atom. The molecule has 1 heterocycles. The van der Waals surface area contributed by atoms with Crippen LogP contribution in [-0.2, 0) is 0 Å². The number of amides is 1. The second-order valence-corrected chi connectivity index (χ2v) is 5.71. The molecule has 0 saturated carbocycles. The molecule has 7 nitrogen and oxygen atoms in total. The number of benzene rings is 1. The summed E-state index contributed by atoms with van der Waals surface area (Å²) >= 11 is 0. The number of likely N-dealkylation sites (N-methyl/N-ethyl adjacent to an activating group) is 1. The highest BCUT2D eigenvalue weighted by atomic mass is 16.7. The Labute approximate surface area is 123 Å². The molecule has 1 aliphatic rings. The monoisotopic (exact) mass is 295 g/mol. The highest BCUT2D eigenvalue weighted by Crippen LogP contribution is 2.35. The van der Waals surface area contributed by atoms with Crippen molar-refractivity contribution in [2.45, 2.75) is 12.5 Å². The molecule has 1 aromatic rings. The predicted molar refractivity (Wildman–Crippen MR) is 78.5 cm³/mol. The lowest BCUT2D eigenvalue weighted by atomic mass is 10.1. The highest BCUT2D eigenvalue weighted by molar-refractivity contribution is 6.00. The lowest BCUT2D eigenvalue weighted by Crippen LogP contribution is -2.47. The minimum atomic E-state index is -1.02. The van der Waals surface area contributed by atoms with E-state index in [0.717, 1.165) is 0 Å². The number of fused-ring (bicyclic) bond motifs is 1. The maximum Gasteiger partial charge on any atom is 0.253 e. The van der Waals surface area contributed by atoms with E-state index < -0.39 is 5.60 Å². The number of rotatable bonds is 5. The maximum atomic E-state index is 12.2. The largest absolute Gasteiger partial charge is 0.454 e. The van der Waals surface area contributed by atoms with Gasteiger partial charge in [0.05, 0.1) is 11.2 Å². The first-order valence-electron chi connectivity index (χ1n) is 6.63. The molecule has 1 amide bonds. The summed E-state index contributed by atoms with van der Waals surface area (Å²) < 4.78 is 10.4. The number of hydrogen-bond donors (Lipinski definition) is 3. The average Bonchev–Trinajstić information content (AvgIpc) is 2.80. The van der Waals surface area contributed by atoms with Gasteiger partial charge in [0.2, 0.25) is 6.79 Å². The predicted octanol–water partition coefficient (Wildman–Crippen LogP) is 0.0399. The fraction of sp³-hybridized carbons (Fsp3) is 0.500. The van der Waals surface area contributed by atoms with Crippen molar-refractivity contribution in [3.05, 3.63) is 17.7 Å². The number of nitrogens with two attached hydrogens (primary N) is 1. The van der Waals surface area contributed by atoms with Gasteiger partial charge in [0.15, 0.2) is 11.5 Å². The number of carbonyl (C=O) groups is 1. The Kier molecular flexibility index (Phi) is 4.24. The van der Waals surface area contributed by atoms with Crippen LogP contribution in [0.1, 0.15) is 17.3 Å². The van der Waals surface area contributed by atoms with E-state index in [1.807, 2.05) is 19.0 Å². The van der Waals surface area contributed by atoms with E-state index in [-0.39, 0.29) is 19.2 Å². The Hall–Kier alpha value is -1.99. The van der Waals surface area contributed by atoms with E-state index in [9.17, 15) is 9.90 Å². The first-order valence-corrected chi connectivity index (χ1v) is 6.63. The lowest BCUT2D eigenvalue weighted by molar-refractivity contribution is 0.0326. The van der Waals surface area contributed by atoms with E-state index in [0.29, 0.717) is 29.3 Å². The second kappa shape index (κ2) is 5.79. The molecular weight excluding hydrogens is 274 g/mol. The van der Waals surface area contributed by atoms with E-state index >= 15 is 0 Å². The number of nitrogens with one attached hydrogen (secondary N) is 1. The third kappa shape index (κ3) is 3.77. The van der Waals surface area contributed by atoms with Crippen LogP contribution in [0.2, 0.25) is 0 Å². The molecule has 0 radical (unpaired) electrons. The van der Waals surface area contributed by atoms with Gasteiger partial charge in [-0.2, -0.15) is 0 Å². The van der Waals surface area contributed by atoms with Crippen LogP contribution < -0.4 is 20.5 Å². The van der Waals surface area contributed by atoms with Gasteiger partial charge in [0.1, 0.15) is 0 Å². The summed E-state index contributed by atoms with van der Waals surface area (Å²) in [5.41, 5.74) is 5.44. The van der Waals surface area contributed by atoms with Crippen LogP contribution >= 0.6 is 0 Å². The SMILES string of the molecule is CN(C)CC(C)(O)CNC(=O)c1cc2c(cc1N)OCO2. The molecule has 2 rings (SSSR count). The summed E-state index contributed by atoms with van der Waals surface area (Å²) in [6.45, 7) is 2.34. The summed E-state index contributed by atoms with van der Waals surface area (Å²) in [5, 5.41) is 12.9. The molecular formula is C14H21N3O4. The minimum Gasteiger partial charge on any atom is -0.454 e. The van der Waals surface area contributed by atoms with Crippen molar-refractivity contribution in [3.8, 4) is 11.5 Å². The molecule has 1 atom stereocenters. The second-order valence-electron chi connectivity index (χ2n) is 5.71. The van der Waals surface area contributed by atoms with Crippen molar-refractivity contribution < 1.29 is 19.4 Å². The number of nitrogen functional groups attached to an aromatic ring is 1. The molecule has 1 aliphatic heterocycles. The Morgan fingerprint density at radius 2 is 2.05 bits per heavy atom. The van der Waals surface area contributed by atoms with Crippen molar-refractivity contribution in [3.63, 3.8) is 0 Å². The molecule has 0 spiro atoms. The molecule has 0 aromatic heterocycles. The van der Waals surface area contributed by atoms with Crippen LogP contribution in [0.4, 0.5) is 5.69 Å². The smallest absolute Gasteiger partial charge is 0.253 e. The van der Waals surface area contributed by atoms with Crippen molar-refractivity contribution in [2.24, 2.45) is 0 Å². The van der Waals surface area contributed by atoms with Gasteiger partial charge in [-0.05, 0) is 27.1 Å². The maximum absolute atomic E-state index is 12.2. The molecule has 116 valence electrons. The zero-order valence-electron chi connectivity index (χ0n) is 12.5. The third-order valence-electron chi connectivity index (χ3n) is 3.08. The minimum absolute atomic E-state index is 0.122. The number of carbonyl (C=O) groups excluding carboxylic acids is 1. The Bertz CT molecular complexity index is 543. The van der Waals surface area contributed by atoms with Gasteiger partial charge in [-0.1, -0.05) is 0 Å². The van der Waals surface area contributed by atoms with Gasteiger partial charge < -0.3 is 30.5 Å². The molecule has 0 saturated heterocycles. The number of anilines is 1. The van der Waals surface area contributed by atoms with Gasteiger partial charge in [0, 0.05) is 24.8 Å². The normalized spacial score (nSPS) is 15.9. The first kappa shape index (κ1) is 15.4. The summed E-state index contributed by atoms with van der Waals surface area (Å²) in [6.07, 6.45) is 0. The molecule has 7 heteroatoms. The fourth-order valence-corrected chi connectivity index (χ4v) is 2.26. The van der Waals surface area contributed by atoms with E-state index in [1.165, 1.54) is 0 Å². The molecule has 0 bridgehead atoms. The lowest BCUT2D eigenvalue weighted by Gasteiger charge is -2.27. The van der Waals surface area contributed by atoms with Crippen LogP contribution in [0.5, 0.6) is 11.5 Å². The van der Waals surface area contributed by atoms with Crippen LogP contribution in [0.15, 0.2) is 12.1 Å². The van der Waals surface area contributed by atoms with E-state index in [2.05, 4.69) is 5.32 Å². The number of ether oxygens (including phenoxy) is 2. The zero-order chi connectivity index (χ0) is 15.6. The summed E-state index contributed by atoms with van der Waals surface area (Å²) in [6, 6.07) is 3.11. The first-order chi connectivity index (χ1) is 9.78. The molecule has 21 heavy (non-hydrogen) atoms. The molecule has 0 fully saturated rings. The Morgan fingerprint density at radius 3 is 2.67 bits per heavy atom. The van der Waals surface area contributed by atoms with E-state index in [1.54, 1.807) is 19.1 Å². The van der Waals surface area contributed by atoms with Crippen molar-refractivity contribution in [1.82, 2.24) is 10.2 Å². The standard InChI is InChI=1S/C14H21N3O4/c1-14(19,7-17(2)3)6-16-13(18)9-4-11-12(5-10(9)15)21-8-20-11/h4-5,19H,6-8,15H2,1-3H3,(H,16,18). The molecule has 4 N–H and O–H groups in total. The zero-order valence-corrected chi connectivity index (χ0v) is 12.5. The number of hydrogen-bond acceptors (Lipinski definition) is 6.